The van der Waals surface area contributed by atoms with Gasteiger partial charge in [0.1, 0.15) is 13.9 Å². The maximum Gasteiger partial charge on any atom is 0.250 e. The summed E-state index contributed by atoms with van der Waals surface area (Å²) < 4.78 is 1.95. The van der Waals surface area contributed by atoms with Gasteiger partial charge in [-0.2, -0.15) is 0 Å². The van der Waals surface area contributed by atoms with E-state index in [0.717, 1.165) is 16.8 Å². The molecule has 0 saturated heterocycles. The quantitative estimate of drug-likeness (QED) is 0.692. The first kappa shape index (κ1) is 14.8. The molecule has 1 aliphatic heterocycles. The summed E-state index contributed by atoms with van der Waals surface area (Å²) in [6.45, 7) is 1.16. The summed E-state index contributed by atoms with van der Waals surface area (Å²) in [5, 5.41) is 0. The smallest absolute Gasteiger partial charge is 0.250 e. The zero-order valence-corrected chi connectivity index (χ0v) is 13.2. The zero-order chi connectivity index (χ0) is 16.5. The standard InChI is InChI=1S/C19H16BN3O/c20-16-8-6-15(7-9-16)18-19(24)22(11-14-4-2-1-3-5-14)12-17-10-21-13-23(17)18/h1-10,13,18H,11-12H2. The van der Waals surface area contributed by atoms with E-state index in [1.165, 1.54) is 0 Å². The van der Waals surface area contributed by atoms with Crippen LogP contribution in [-0.2, 0) is 17.9 Å². The van der Waals surface area contributed by atoms with E-state index in [-0.39, 0.29) is 11.9 Å². The van der Waals surface area contributed by atoms with Crippen LogP contribution in [0.1, 0.15) is 22.9 Å². The Morgan fingerprint density at radius 1 is 1.08 bits per heavy atom. The first-order valence-corrected chi connectivity index (χ1v) is 7.91. The Balaban J connectivity index is 1.70. The number of amides is 1. The van der Waals surface area contributed by atoms with E-state index >= 15 is 0 Å². The molecule has 2 aromatic carbocycles. The monoisotopic (exact) mass is 313 g/mol. The van der Waals surface area contributed by atoms with Crippen LogP contribution in [0, 0.1) is 0 Å². The molecule has 1 unspecified atom stereocenters. The average molecular weight is 313 g/mol. The van der Waals surface area contributed by atoms with Gasteiger partial charge in [-0.15, -0.1) is 0 Å². The third-order valence-electron chi connectivity index (χ3n) is 4.39. The molecule has 1 aromatic heterocycles. The van der Waals surface area contributed by atoms with Gasteiger partial charge in [0.2, 0.25) is 0 Å². The third-order valence-corrected chi connectivity index (χ3v) is 4.39. The number of hydrogen-bond donors (Lipinski definition) is 0. The van der Waals surface area contributed by atoms with Crippen LogP contribution in [0.5, 0.6) is 0 Å². The lowest BCUT2D eigenvalue weighted by Crippen LogP contribution is -2.42. The molecule has 1 aliphatic rings. The van der Waals surface area contributed by atoms with Gasteiger partial charge in [-0.1, -0.05) is 60.1 Å². The van der Waals surface area contributed by atoms with Crippen molar-refractivity contribution in [3.63, 3.8) is 0 Å². The van der Waals surface area contributed by atoms with Gasteiger partial charge in [0.15, 0.2) is 0 Å². The number of rotatable bonds is 3. The highest BCUT2D eigenvalue weighted by Gasteiger charge is 2.33. The highest BCUT2D eigenvalue weighted by molar-refractivity contribution is 6.32. The van der Waals surface area contributed by atoms with Gasteiger partial charge >= 0.3 is 0 Å². The molecule has 4 rings (SSSR count). The molecule has 116 valence electrons. The van der Waals surface area contributed by atoms with Crippen molar-refractivity contribution >= 4 is 19.2 Å². The Morgan fingerprint density at radius 3 is 2.58 bits per heavy atom. The number of aromatic nitrogens is 2. The second-order valence-corrected chi connectivity index (χ2v) is 6.04. The average Bonchev–Trinajstić information content (AvgIpc) is 3.06. The van der Waals surface area contributed by atoms with E-state index in [4.69, 9.17) is 7.85 Å². The Kier molecular flexibility index (Phi) is 3.69. The van der Waals surface area contributed by atoms with E-state index in [0.29, 0.717) is 18.6 Å². The first-order chi connectivity index (χ1) is 11.7. The van der Waals surface area contributed by atoms with Crippen LogP contribution in [0.4, 0.5) is 0 Å². The summed E-state index contributed by atoms with van der Waals surface area (Å²) in [7, 11) is 5.78. The lowest BCUT2D eigenvalue weighted by atomic mass is 9.93. The van der Waals surface area contributed by atoms with E-state index in [9.17, 15) is 4.79 Å². The van der Waals surface area contributed by atoms with E-state index in [1.54, 1.807) is 6.33 Å². The van der Waals surface area contributed by atoms with Crippen molar-refractivity contribution in [3.8, 4) is 0 Å². The van der Waals surface area contributed by atoms with Crippen molar-refractivity contribution in [3.05, 3.63) is 83.9 Å². The van der Waals surface area contributed by atoms with Gasteiger partial charge < -0.3 is 9.47 Å². The second kappa shape index (κ2) is 6.00. The molecule has 2 heterocycles. The van der Waals surface area contributed by atoms with Crippen molar-refractivity contribution in [1.29, 1.82) is 0 Å². The lowest BCUT2D eigenvalue weighted by molar-refractivity contribution is -0.136. The minimum atomic E-state index is -0.388. The molecule has 24 heavy (non-hydrogen) atoms. The molecule has 5 heteroatoms. The number of hydrogen-bond acceptors (Lipinski definition) is 2. The largest absolute Gasteiger partial charge is 0.330 e. The minimum absolute atomic E-state index is 0.0779. The summed E-state index contributed by atoms with van der Waals surface area (Å²) >= 11 is 0. The Bertz CT molecular complexity index is 858. The summed E-state index contributed by atoms with van der Waals surface area (Å²) in [6, 6.07) is 17.1. The van der Waals surface area contributed by atoms with Gasteiger partial charge in [-0.05, 0) is 11.1 Å². The van der Waals surface area contributed by atoms with Gasteiger partial charge in [-0.3, -0.25) is 4.79 Å². The van der Waals surface area contributed by atoms with Gasteiger partial charge in [0, 0.05) is 12.7 Å². The van der Waals surface area contributed by atoms with Crippen molar-refractivity contribution in [2.75, 3.05) is 0 Å². The van der Waals surface area contributed by atoms with Gasteiger partial charge in [0.05, 0.1) is 18.6 Å². The predicted molar refractivity (Wildman–Crippen MR) is 92.9 cm³/mol. The molecule has 1 amide bonds. The summed E-state index contributed by atoms with van der Waals surface area (Å²) in [5.74, 6) is 0.0779. The number of carbonyl (C=O) groups excluding carboxylic acids is 1. The molecular weight excluding hydrogens is 297 g/mol. The number of carbonyl (C=O) groups is 1. The molecule has 4 nitrogen and oxygen atoms in total. The first-order valence-electron chi connectivity index (χ1n) is 7.91. The van der Waals surface area contributed by atoms with Crippen LogP contribution >= 0.6 is 0 Å². The van der Waals surface area contributed by atoms with Crippen LogP contribution in [0.3, 0.4) is 0 Å². The Hall–Kier alpha value is -2.82. The molecular formula is C19H16BN3O. The zero-order valence-electron chi connectivity index (χ0n) is 13.2. The summed E-state index contributed by atoms with van der Waals surface area (Å²) in [5.41, 5.74) is 3.77. The normalized spacial score (nSPS) is 16.9. The van der Waals surface area contributed by atoms with Crippen molar-refractivity contribution in [2.24, 2.45) is 0 Å². The van der Waals surface area contributed by atoms with Gasteiger partial charge in [0.25, 0.3) is 5.91 Å². The SMILES string of the molecule is [B]c1ccc(C2C(=O)N(Cc3ccccc3)Cc3cncn32)cc1. The van der Waals surface area contributed by atoms with E-state index in [1.807, 2.05) is 70.3 Å². The van der Waals surface area contributed by atoms with Crippen LogP contribution in [0.15, 0.2) is 67.1 Å². The maximum atomic E-state index is 13.1. The maximum absolute atomic E-state index is 13.1. The fraction of sp³-hybridized carbons (Fsp3) is 0.158. The molecule has 2 radical (unpaired) electrons. The van der Waals surface area contributed by atoms with Gasteiger partial charge in [-0.25, -0.2) is 4.98 Å². The number of imidazole rings is 1. The molecule has 0 saturated carbocycles. The predicted octanol–water partition coefficient (Wildman–Crippen LogP) is 1.81. The third kappa shape index (κ3) is 2.62. The molecule has 0 N–H and O–H groups in total. The molecule has 0 bridgehead atoms. The van der Waals surface area contributed by atoms with Crippen molar-refractivity contribution in [1.82, 2.24) is 14.5 Å². The van der Waals surface area contributed by atoms with Crippen LogP contribution < -0.4 is 5.46 Å². The van der Waals surface area contributed by atoms with E-state index in [2.05, 4.69) is 4.98 Å². The molecule has 0 fully saturated rings. The number of nitrogens with zero attached hydrogens (tertiary/aromatic N) is 3. The van der Waals surface area contributed by atoms with Crippen molar-refractivity contribution in [2.45, 2.75) is 19.1 Å². The molecule has 3 aromatic rings. The van der Waals surface area contributed by atoms with E-state index < -0.39 is 0 Å². The Labute approximate surface area is 142 Å². The highest BCUT2D eigenvalue weighted by Crippen LogP contribution is 2.28. The second-order valence-electron chi connectivity index (χ2n) is 6.04. The topological polar surface area (TPSA) is 38.1 Å². The fourth-order valence-corrected chi connectivity index (χ4v) is 3.17. The van der Waals surface area contributed by atoms with Crippen LogP contribution in [-0.4, -0.2) is 28.2 Å². The highest BCUT2D eigenvalue weighted by atomic mass is 16.2. The van der Waals surface area contributed by atoms with Crippen LogP contribution in [0.2, 0.25) is 0 Å². The minimum Gasteiger partial charge on any atom is -0.330 e. The molecule has 1 atom stereocenters. The summed E-state index contributed by atoms with van der Waals surface area (Å²) in [6.07, 6.45) is 3.56. The molecule has 0 aliphatic carbocycles. The van der Waals surface area contributed by atoms with Crippen LogP contribution in [0.25, 0.3) is 0 Å². The summed E-state index contributed by atoms with van der Waals surface area (Å²) in [4.78, 5) is 19.2. The van der Waals surface area contributed by atoms with Crippen molar-refractivity contribution < 1.29 is 4.79 Å². The number of fused-ring (bicyclic) bond motifs is 1. The molecule has 0 spiro atoms. The fourth-order valence-electron chi connectivity index (χ4n) is 3.17. The number of benzene rings is 2. The lowest BCUT2D eigenvalue weighted by Gasteiger charge is -2.34. The Morgan fingerprint density at radius 2 is 1.83 bits per heavy atom.